The molecule has 4 rings (SSSR count). The van der Waals surface area contributed by atoms with Gasteiger partial charge < -0.3 is 34.8 Å². The van der Waals surface area contributed by atoms with E-state index in [0.717, 1.165) is 35.1 Å². The first-order valence-electron chi connectivity index (χ1n) is 13.2. The van der Waals surface area contributed by atoms with Crippen LogP contribution in [0, 0.1) is 11.3 Å². The highest BCUT2D eigenvalue weighted by Gasteiger charge is 2.41. The minimum Gasteiger partial charge on any atom is -0.388 e. The van der Waals surface area contributed by atoms with Gasteiger partial charge in [0.1, 0.15) is 36.1 Å². The summed E-state index contributed by atoms with van der Waals surface area (Å²) in [6.45, 7) is 7.64. The van der Waals surface area contributed by atoms with E-state index in [1.54, 1.807) is 6.92 Å². The second-order valence-corrected chi connectivity index (χ2v) is 9.85. The van der Waals surface area contributed by atoms with Gasteiger partial charge in [0, 0.05) is 43.8 Å². The number of anilines is 1. The van der Waals surface area contributed by atoms with Gasteiger partial charge >= 0.3 is 0 Å². The zero-order valence-electron chi connectivity index (χ0n) is 22.7. The number of nitrogens with zero attached hydrogens (tertiary/aromatic N) is 3. The summed E-state index contributed by atoms with van der Waals surface area (Å²) in [5.74, 6) is -0.626. The molecule has 39 heavy (non-hydrogen) atoms. The summed E-state index contributed by atoms with van der Waals surface area (Å²) in [6, 6.07) is 18.5. The van der Waals surface area contributed by atoms with Crippen LogP contribution in [0.2, 0.25) is 0 Å². The Bertz CT molecular complexity index is 1400. The number of benzene rings is 2. The van der Waals surface area contributed by atoms with Gasteiger partial charge in [-0.3, -0.25) is 4.79 Å². The van der Waals surface area contributed by atoms with Gasteiger partial charge in [0.2, 0.25) is 0 Å². The van der Waals surface area contributed by atoms with Crippen molar-refractivity contribution in [1.29, 1.82) is 5.26 Å². The molecule has 9 nitrogen and oxygen atoms in total. The molecule has 1 fully saturated rings. The van der Waals surface area contributed by atoms with Crippen LogP contribution in [-0.4, -0.2) is 75.9 Å². The van der Waals surface area contributed by atoms with E-state index in [0.29, 0.717) is 5.69 Å². The molecule has 1 saturated heterocycles. The van der Waals surface area contributed by atoms with Gasteiger partial charge in [0.05, 0.1) is 6.10 Å². The summed E-state index contributed by atoms with van der Waals surface area (Å²) in [4.78, 5) is 15.1. The van der Waals surface area contributed by atoms with Crippen molar-refractivity contribution in [2.24, 2.45) is 7.05 Å². The zero-order chi connectivity index (χ0) is 28.3. The third kappa shape index (κ3) is 5.84. The molecular weight excluding hydrogens is 496 g/mol. The summed E-state index contributed by atoms with van der Waals surface area (Å²) in [5.41, 5.74) is 3.72. The third-order valence-corrected chi connectivity index (χ3v) is 7.48. The highest BCUT2D eigenvalue weighted by atomic mass is 16.5. The predicted molar refractivity (Wildman–Crippen MR) is 151 cm³/mol. The van der Waals surface area contributed by atoms with Crippen LogP contribution in [0.15, 0.2) is 54.1 Å². The van der Waals surface area contributed by atoms with Crippen molar-refractivity contribution in [3.05, 3.63) is 59.8 Å². The molecule has 9 heteroatoms. The monoisotopic (exact) mass is 532 g/mol. The van der Waals surface area contributed by atoms with E-state index in [2.05, 4.69) is 60.5 Å². The fourth-order valence-electron chi connectivity index (χ4n) is 5.03. The molecule has 5 atom stereocenters. The van der Waals surface area contributed by atoms with E-state index in [-0.39, 0.29) is 12.1 Å². The van der Waals surface area contributed by atoms with E-state index < -0.39 is 36.4 Å². The van der Waals surface area contributed by atoms with Crippen LogP contribution in [-0.2, 0) is 16.6 Å². The Morgan fingerprint density at radius 3 is 2.44 bits per heavy atom. The Morgan fingerprint density at radius 2 is 1.74 bits per heavy atom. The number of carbonyl (C=O) groups is 1. The fraction of sp³-hybridized carbons (Fsp3) is 0.400. The molecule has 3 aromatic rings. The lowest BCUT2D eigenvalue weighted by Crippen LogP contribution is -2.59. The Morgan fingerprint density at radius 1 is 1.05 bits per heavy atom. The number of hydrogen-bond donors (Lipinski definition) is 4. The molecule has 1 amide bonds. The maximum absolute atomic E-state index is 12.7. The lowest BCUT2D eigenvalue weighted by Gasteiger charge is -2.39. The summed E-state index contributed by atoms with van der Waals surface area (Å²) in [7, 11) is 1.88. The average Bonchev–Trinajstić information content (AvgIpc) is 3.31. The first-order valence-corrected chi connectivity index (χ1v) is 13.2. The smallest absolute Gasteiger partial charge is 0.262 e. The van der Waals surface area contributed by atoms with Crippen molar-refractivity contribution < 1.29 is 24.9 Å². The van der Waals surface area contributed by atoms with Crippen molar-refractivity contribution in [2.45, 2.75) is 51.3 Å². The number of ether oxygens (including phenoxy) is 1. The van der Waals surface area contributed by atoms with Gasteiger partial charge in [-0.1, -0.05) is 18.2 Å². The first-order chi connectivity index (χ1) is 18.7. The topological polar surface area (TPSA) is 131 Å². The maximum atomic E-state index is 12.7. The van der Waals surface area contributed by atoms with Gasteiger partial charge in [-0.2, -0.15) is 5.26 Å². The minimum atomic E-state index is -1.39. The molecule has 1 unspecified atom stereocenters. The molecule has 4 N–H and O–H groups in total. The molecule has 0 saturated carbocycles. The summed E-state index contributed by atoms with van der Waals surface area (Å²) in [5, 5.41) is 44.5. The maximum Gasteiger partial charge on any atom is 0.262 e. The van der Waals surface area contributed by atoms with Crippen molar-refractivity contribution in [3.63, 3.8) is 0 Å². The molecular formula is C30H36N4O5. The summed E-state index contributed by atoms with van der Waals surface area (Å²) < 4.78 is 7.43. The Labute approximate surface area is 228 Å². The largest absolute Gasteiger partial charge is 0.388 e. The molecule has 0 radical (unpaired) electrons. The number of aliphatic hydroxyl groups excluding tert-OH is 3. The number of aliphatic hydroxyl groups is 3. The van der Waals surface area contributed by atoms with Crippen molar-refractivity contribution in [3.8, 4) is 17.3 Å². The Balaban J connectivity index is 1.50. The Hall–Kier alpha value is -3.68. The average molecular weight is 533 g/mol. The highest BCUT2D eigenvalue weighted by Crippen LogP contribution is 2.29. The van der Waals surface area contributed by atoms with Gasteiger partial charge in [-0.25, -0.2) is 0 Å². The number of aromatic nitrogens is 1. The summed E-state index contributed by atoms with van der Waals surface area (Å²) in [6.07, 6.45) is -4.09. The molecule has 0 aliphatic carbocycles. The third-order valence-electron chi connectivity index (χ3n) is 7.48. The van der Waals surface area contributed by atoms with Crippen molar-refractivity contribution in [1.82, 2.24) is 9.88 Å². The molecule has 1 aliphatic rings. The normalized spacial score (nSPS) is 23.4. The van der Waals surface area contributed by atoms with Gasteiger partial charge in [-0.05, 0) is 73.5 Å². The van der Waals surface area contributed by atoms with E-state index in [1.165, 1.54) is 11.8 Å². The van der Waals surface area contributed by atoms with Crippen molar-refractivity contribution >= 4 is 28.4 Å². The van der Waals surface area contributed by atoms with Crippen LogP contribution in [0.5, 0.6) is 0 Å². The van der Waals surface area contributed by atoms with Crippen LogP contribution < -0.4 is 10.2 Å². The van der Waals surface area contributed by atoms with E-state index in [4.69, 9.17) is 4.74 Å². The molecule has 1 aliphatic heterocycles. The molecule has 2 heterocycles. The van der Waals surface area contributed by atoms with Crippen LogP contribution >= 0.6 is 0 Å². The fourth-order valence-corrected chi connectivity index (χ4v) is 5.03. The zero-order valence-corrected chi connectivity index (χ0v) is 22.7. The number of carbonyl (C=O) groups excluding carboxylic acids is 1. The number of nitrogens with one attached hydrogen (secondary N) is 1. The molecule has 0 bridgehead atoms. The van der Waals surface area contributed by atoms with Crippen LogP contribution in [0.3, 0.4) is 0 Å². The molecule has 1 aromatic heterocycles. The second kappa shape index (κ2) is 12.0. The predicted octanol–water partition coefficient (Wildman–Crippen LogP) is 2.58. The number of hydrogen-bond acceptors (Lipinski definition) is 7. The van der Waals surface area contributed by atoms with E-state index >= 15 is 0 Å². The van der Waals surface area contributed by atoms with Gasteiger partial charge in [0.15, 0.2) is 0 Å². The minimum absolute atomic E-state index is 0.107. The van der Waals surface area contributed by atoms with Gasteiger partial charge in [-0.15, -0.1) is 0 Å². The van der Waals surface area contributed by atoms with E-state index in [9.17, 15) is 25.4 Å². The Kier molecular flexibility index (Phi) is 8.73. The van der Waals surface area contributed by atoms with Crippen LogP contribution in [0.25, 0.3) is 28.1 Å². The lowest BCUT2D eigenvalue weighted by molar-refractivity contribution is -0.215. The molecule has 206 valence electrons. The quantitative estimate of drug-likeness (QED) is 0.259. The van der Waals surface area contributed by atoms with Crippen LogP contribution in [0.4, 0.5) is 5.69 Å². The highest BCUT2D eigenvalue weighted by molar-refractivity contribution is 6.01. The molecule has 2 aromatic carbocycles. The number of fused-ring (bicyclic) bond motifs is 1. The first kappa shape index (κ1) is 28.3. The number of amides is 1. The second-order valence-electron chi connectivity index (χ2n) is 9.85. The summed E-state index contributed by atoms with van der Waals surface area (Å²) >= 11 is 0. The van der Waals surface area contributed by atoms with Gasteiger partial charge in [0.25, 0.3) is 5.91 Å². The molecule has 0 spiro atoms. The van der Waals surface area contributed by atoms with E-state index in [1.807, 2.05) is 29.8 Å². The number of rotatable bonds is 8. The standard InChI is InChI=1S/C30H36N4O5/c1-5-34(6-2)24-10-9-19-13-21(8-7-20(19)14-24)25-12-11-23(33(25)4)15-22(16-31)30(38)32-17-26-28(36)29(37)27(35)18(3)39-26/h7-15,18,26-29,35-37H,5-6,17H2,1-4H3,(H,32,38)/b22-15+/t18?,26-,27+,28-,29-/m1/s1. The SMILES string of the molecule is CCN(CC)c1ccc2cc(-c3ccc(/C=C(\C#N)C(=O)NC[C@H]4OC(C)[C@H](O)[C@@H](O)[C@@H]4O)n3C)ccc2c1. The van der Waals surface area contributed by atoms with Crippen molar-refractivity contribution in [2.75, 3.05) is 24.5 Å². The lowest BCUT2D eigenvalue weighted by atomic mass is 9.95. The number of nitriles is 1. The van der Waals surface area contributed by atoms with Crippen LogP contribution in [0.1, 0.15) is 26.5 Å².